The van der Waals surface area contributed by atoms with E-state index in [4.69, 9.17) is 13.9 Å². The van der Waals surface area contributed by atoms with E-state index < -0.39 is 0 Å². The second-order valence-electron chi connectivity index (χ2n) is 3.79. The van der Waals surface area contributed by atoms with Crippen LogP contribution in [0.5, 0.6) is 11.5 Å². The van der Waals surface area contributed by atoms with Gasteiger partial charge in [-0.3, -0.25) is 4.79 Å². The number of benzene rings is 1. The number of para-hydroxylation sites is 2. The summed E-state index contributed by atoms with van der Waals surface area (Å²) in [5, 5.41) is 3.77. The molecule has 2 aromatic rings. The highest BCUT2D eigenvalue weighted by Gasteiger charge is 2.05. The van der Waals surface area contributed by atoms with Crippen LogP contribution in [0.2, 0.25) is 0 Å². The lowest BCUT2D eigenvalue weighted by Gasteiger charge is -2.08. The molecular weight excluding hydrogens is 260 g/mol. The fourth-order valence-corrected chi connectivity index (χ4v) is 1.44. The van der Waals surface area contributed by atoms with Crippen LogP contribution in [0.25, 0.3) is 0 Å². The Morgan fingerprint density at radius 3 is 2.85 bits per heavy atom. The highest BCUT2D eigenvalue weighted by molar-refractivity contribution is 5.82. The molecule has 0 fully saturated rings. The Kier molecular flexibility index (Phi) is 4.77. The zero-order valence-electron chi connectivity index (χ0n) is 10.9. The minimum absolute atomic E-state index is 0.150. The second kappa shape index (κ2) is 6.98. The number of hydrogen-bond acceptors (Lipinski definition) is 5. The van der Waals surface area contributed by atoms with Crippen LogP contribution in [-0.2, 0) is 4.79 Å². The molecule has 0 spiro atoms. The Morgan fingerprint density at radius 2 is 2.15 bits per heavy atom. The number of hydrogen-bond donors (Lipinski definition) is 1. The van der Waals surface area contributed by atoms with Crippen molar-refractivity contribution in [2.75, 3.05) is 13.7 Å². The topological polar surface area (TPSA) is 73.1 Å². The minimum atomic E-state index is -0.365. The number of rotatable bonds is 6. The van der Waals surface area contributed by atoms with Gasteiger partial charge < -0.3 is 13.9 Å². The molecule has 0 aliphatic carbocycles. The highest BCUT2D eigenvalue weighted by atomic mass is 16.5. The van der Waals surface area contributed by atoms with Gasteiger partial charge in [-0.2, -0.15) is 5.10 Å². The molecule has 1 aromatic heterocycles. The molecule has 1 aromatic carbocycles. The smallest absolute Gasteiger partial charge is 0.277 e. The van der Waals surface area contributed by atoms with Crippen molar-refractivity contribution in [2.45, 2.75) is 0 Å². The first-order valence-electron chi connectivity index (χ1n) is 5.89. The van der Waals surface area contributed by atoms with Gasteiger partial charge >= 0.3 is 0 Å². The van der Waals surface area contributed by atoms with Crippen LogP contribution in [-0.4, -0.2) is 25.8 Å². The number of amides is 1. The Hall–Kier alpha value is -2.76. The quantitative estimate of drug-likeness (QED) is 0.644. The number of carbonyl (C=O) groups is 1. The molecule has 1 heterocycles. The number of nitrogens with one attached hydrogen (secondary N) is 1. The van der Waals surface area contributed by atoms with Gasteiger partial charge in [0.25, 0.3) is 5.91 Å². The van der Waals surface area contributed by atoms with E-state index >= 15 is 0 Å². The number of methoxy groups -OCH3 is 1. The van der Waals surface area contributed by atoms with Crippen molar-refractivity contribution in [1.82, 2.24) is 5.43 Å². The molecule has 0 unspecified atom stereocenters. The van der Waals surface area contributed by atoms with Gasteiger partial charge in [0.15, 0.2) is 18.1 Å². The molecule has 0 radical (unpaired) electrons. The van der Waals surface area contributed by atoms with Gasteiger partial charge in [0, 0.05) is 5.56 Å². The van der Waals surface area contributed by atoms with Crippen molar-refractivity contribution in [3.05, 3.63) is 48.4 Å². The molecule has 2 rings (SSSR count). The molecule has 1 amide bonds. The lowest BCUT2D eigenvalue weighted by molar-refractivity contribution is -0.123. The zero-order valence-corrected chi connectivity index (χ0v) is 10.9. The van der Waals surface area contributed by atoms with Crippen LogP contribution in [0, 0.1) is 0 Å². The Bertz CT molecular complexity index is 579. The third kappa shape index (κ3) is 3.88. The summed E-state index contributed by atoms with van der Waals surface area (Å²) in [4.78, 5) is 11.5. The van der Waals surface area contributed by atoms with E-state index in [9.17, 15) is 4.79 Å². The zero-order chi connectivity index (χ0) is 14.2. The lowest BCUT2D eigenvalue weighted by Crippen LogP contribution is -2.24. The van der Waals surface area contributed by atoms with Crippen LogP contribution in [0.3, 0.4) is 0 Å². The number of nitrogens with zero attached hydrogens (tertiary/aromatic N) is 1. The number of ether oxygens (including phenoxy) is 2. The maximum Gasteiger partial charge on any atom is 0.277 e. The molecular formula is C14H14N2O4. The maximum absolute atomic E-state index is 11.5. The second-order valence-corrected chi connectivity index (χ2v) is 3.79. The van der Waals surface area contributed by atoms with Crippen molar-refractivity contribution in [1.29, 1.82) is 0 Å². The molecule has 20 heavy (non-hydrogen) atoms. The molecule has 0 bridgehead atoms. The van der Waals surface area contributed by atoms with Crippen LogP contribution in [0.1, 0.15) is 5.56 Å². The van der Waals surface area contributed by atoms with Crippen molar-refractivity contribution >= 4 is 12.1 Å². The third-order valence-corrected chi connectivity index (χ3v) is 2.37. The SMILES string of the molecule is COc1ccccc1OCC(=O)NN=Cc1ccoc1. The van der Waals surface area contributed by atoms with E-state index in [1.54, 1.807) is 24.3 Å². The van der Waals surface area contributed by atoms with Crippen molar-refractivity contribution in [2.24, 2.45) is 5.10 Å². The average Bonchev–Trinajstić information content (AvgIpc) is 2.98. The molecule has 6 nitrogen and oxygen atoms in total. The van der Waals surface area contributed by atoms with E-state index in [2.05, 4.69) is 10.5 Å². The monoisotopic (exact) mass is 274 g/mol. The predicted molar refractivity (Wildman–Crippen MR) is 72.9 cm³/mol. The molecule has 6 heteroatoms. The molecule has 0 aliphatic rings. The number of furan rings is 1. The molecule has 1 N–H and O–H groups in total. The van der Waals surface area contributed by atoms with Crippen LogP contribution in [0.15, 0.2) is 52.4 Å². The van der Waals surface area contributed by atoms with Gasteiger partial charge in [-0.25, -0.2) is 5.43 Å². The summed E-state index contributed by atoms with van der Waals surface area (Å²) in [6, 6.07) is 8.82. The summed E-state index contributed by atoms with van der Waals surface area (Å²) < 4.78 is 15.3. The van der Waals surface area contributed by atoms with E-state index in [1.165, 1.54) is 25.9 Å². The fraction of sp³-hybridized carbons (Fsp3) is 0.143. The predicted octanol–water partition coefficient (Wildman–Crippen LogP) is 1.82. The normalized spacial score (nSPS) is 10.4. The van der Waals surface area contributed by atoms with Crippen LogP contribution < -0.4 is 14.9 Å². The van der Waals surface area contributed by atoms with Gasteiger partial charge in [-0.15, -0.1) is 0 Å². The Balaban J connectivity index is 1.80. The third-order valence-electron chi connectivity index (χ3n) is 2.37. The van der Waals surface area contributed by atoms with E-state index in [1.807, 2.05) is 6.07 Å². The summed E-state index contributed by atoms with van der Waals surface area (Å²) in [6.07, 6.45) is 4.51. The van der Waals surface area contributed by atoms with Crippen molar-refractivity contribution < 1.29 is 18.7 Å². The molecule has 0 aliphatic heterocycles. The summed E-state index contributed by atoms with van der Waals surface area (Å²) in [5.74, 6) is 0.710. The first-order valence-corrected chi connectivity index (χ1v) is 5.89. The maximum atomic E-state index is 11.5. The van der Waals surface area contributed by atoms with Gasteiger partial charge in [0.2, 0.25) is 0 Å². The van der Waals surface area contributed by atoms with Crippen LogP contribution in [0.4, 0.5) is 0 Å². The van der Waals surface area contributed by atoms with Crippen molar-refractivity contribution in [3.8, 4) is 11.5 Å². The standard InChI is InChI=1S/C14H14N2O4/c1-18-12-4-2-3-5-13(12)20-10-14(17)16-15-8-11-6-7-19-9-11/h2-9H,10H2,1H3,(H,16,17). The summed E-state index contributed by atoms with van der Waals surface area (Å²) in [5.41, 5.74) is 3.11. The summed E-state index contributed by atoms with van der Waals surface area (Å²) in [6.45, 7) is -0.150. The summed E-state index contributed by atoms with van der Waals surface area (Å²) >= 11 is 0. The van der Waals surface area contributed by atoms with Gasteiger partial charge in [-0.1, -0.05) is 12.1 Å². The minimum Gasteiger partial charge on any atom is -0.493 e. The summed E-state index contributed by atoms with van der Waals surface area (Å²) in [7, 11) is 1.54. The van der Waals surface area contributed by atoms with Gasteiger partial charge in [0.1, 0.15) is 0 Å². The first kappa shape index (κ1) is 13.7. The van der Waals surface area contributed by atoms with E-state index in [0.29, 0.717) is 11.5 Å². The Labute approximate surface area is 116 Å². The lowest BCUT2D eigenvalue weighted by atomic mass is 10.3. The molecule has 0 saturated carbocycles. The van der Waals surface area contributed by atoms with Crippen LogP contribution >= 0.6 is 0 Å². The van der Waals surface area contributed by atoms with E-state index in [0.717, 1.165) is 5.56 Å². The molecule has 0 saturated heterocycles. The molecule has 0 atom stereocenters. The van der Waals surface area contributed by atoms with Crippen molar-refractivity contribution in [3.63, 3.8) is 0 Å². The first-order chi connectivity index (χ1) is 9.79. The number of hydrazone groups is 1. The van der Waals surface area contributed by atoms with E-state index in [-0.39, 0.29) is 12.5 Å². The highest BCUT2D eigenvalue weighted by Crippen LogP contribution is 2.25. The van der Waals surface area contributed by atoms with Gasteiger partial charge in [-0.05, 0) is 18.2 Å². The number of carbonyl (C=O) groups excluding carboxylic acids is 1. The Morgan fingerprint density at radius 1 is 1.35 bits per heavy atom. The molecule has 104 valence electrons. The largest absolute Gasteiger partial charge is 0.493 e. The fourth-order valence-electron chi connectivity index (χ4n) is 1.44. The van der Waals surface area contributed by atoms with Gasteiger partial charge in [0.05, 0.1) is 25.9 Å². The average molecular weight is 274 g/mol.